The highest BCUT2D eigenvalue weighted by molar-refractivity contribution is 6.15. The number of fused-ring (bicyclic) bond motifs is 1. The molecule has 2 N–H and O–H groups in total. The molecule has 0 radical (unpaired) electrons. The second-order valence-electron chi connectivity index (χ2n) is 7.10. The largest absolute Gasteiger partial charge is 0.511 e. The highest BCUT2D eigenvalue weighted by Crippen LogP contribution is 2.34. The van der Waals surface area contributed by atoms with Crippen LogP contribution in [0.1, 0.15) is 50.7 Å². The van der Waals surface area contributed by atoms with Crippen molar-refractivity contribution in [3.05, 3.63) is 46.9 Å². The van der Waals surface area contributed by atoms with E-state index in [2.05, 4.69) is 5.32 Å². The molecule has 0 spiro atoms. The van der Waals surface area contributed by atoms with E-state index in [9.17, 15) is 24.8 Å². The van der Waals surface area contributed by atoms with Crippen molar-refractivity contribution in [1.82, 2.24) is 4.90 Å². The van der Waals surface area contributed by atoms with Crippen LogP contribution in [-0.4, -0.2) is 47.5 Å². The normalized spacial score (nSPS) is 12.1. The van der Waals surface area contributed by atoms with Crippen LogP contribution in [0.15, 0.2) is 40.0 Å². The number of carbonyl (C=O) groups excluding carboxylic acids is 3. The summed E-state index contributed by atoms with van der Waals surface area (Å²) >= 11 is 0. The number of anilines is 1. The number of benzene rings is 1. The zero-order valence-electron chi connectivity index (χ0n) is 19.3. The number of aliphatic hydroxyl groups is 1. The number of esters is 1. The van der Waals surface area contributed by atoms with Crippen LogP contribution in [-0.2, 0) is 14.3 Å². The van der Waals surface area contributed by atoms with Gasteiger partial charge in [-0.15, -0.1) is 0 Å². The Balaban J connectivity index is 2.61. The Kier molecular flexibility index (Phi) is 8.40. The van der Waals surface area contributed by atoms with E-state index in [-0.39, 0.29) is 24.0 Å². The summed E-state index contributed by atoms with van der Waals surface area (Å²) in [4.78, 5) is 39.1. The molecule has 0 saturated carbocycles. The summed E-state index contributed by atoms with van der Waals surface area (Å²) in [7, 11) is 0. The van der Waals surface area contributed by atoms with E-state index in [0.717, 1.165) is 0 Å². The van der Waals surface area contributed by atoms with Gasteiger partial charge in [-0.1, -0.05) is 6.07 Å². The average molecular weight is 453 g/mol. The van der Waals surface area contributed by atoms with Crippen LogP contribution < -0.4 is 5.32 Å². The van der Waals surface area contributed by atoms with E-state index in [1.165, 1.54) is 13.0 Å². The van der Waals surface area contributed by atoms with Crippen molar-refractivity contribution in [3.8, 4) is 6.07 Å². The standard InChI is InChI=1S/C24H27N3O6/c1-6-27(7-2)20(29)11-14(4)16-9-10-19-17(12-16)21(22(33-19)24(31)32-8-3)26-23(30)18(13-25)15(5)28/h9-12,28H,6-8H2,1-5H3,(H,26,30)/b14-11+,18-15-. The van der Waals surface area contributed by atoms with Gasteiger partial charge in [0.05, 0.1) is 6.61 Å². The van der Waals surface area contributed by atoms with Gasteiger partial charge in [-0.3, -0.25) is 9.59 Å². The number of carbonyl (C=O) groups is 3. The van der Waals surface area contributed by atoms with Crippen molar-refractivity contribution in [2.75, 3.05) is 25.0 Å². The molecule has 0 bridgehead atoms. The lowest BCUT2D eigenvalue weighted by Crippen LogP contribution is -2.28. The first-order valence-corrected chi connectivity index (χ1v) is 10.5. The maximum Gasteiger partial charge on any atom is 0.376 e. The van der Waals surface area contributed by atoms with E-state index in [4.69, 9.17) is 9.15 Å². The Morgan fingerprint density at radius 3 is 2.42 bits per heavy atom. The van der Waals surface area contributed by atoms with Crippen LogP contribution in [0.2, 0.25) is 0 Å². The number of hydrogen-bond donors (Lipinski definition) is 2. The van der Waals surface area contributed by atoms with Gasteiger partial charge in [0.1, 0.15) is 23.1 Å². The fourth-order valence-corrected chi connectivity index (χ4v) is 3.17. The number of nitrogens with one attached hydrogen (secondary N) is 1. The summed E-state index contributed by atoms with van der Waals surface area (Å²) in [5, 5.41) is 21.6. The molecule has 1 aromatic heterocycles. The fourth-order valence-electron chi connectivity index (χ4n) is 3.17. The molecular formula is C24H27N3O6. The minimum Gasteiger partial charge on any atom is -0.511 e. The van der Waals surface area contributed by atoms with Crippen LogP contribution >= 0.6 is 0 Å². The first-order valence-electron chi connectivity index (χ1n) is 10.5. The molecule has 0 saturated heterocycles. The molecule has 0 aliphatic rings. The molecule has 2 aromatic rings. The molecule has 33 heavy (non-hydrogen) atoms. The van der Waals surface area contributed by atoms with E-state index in [0.29, 0.717) is 35.2 Å². The average Bonchev–Trinajstić information content (AvgIpc) is 3.12. The maximum absolute atomic E-state index is 12.6. The second kappa shape index (κ2) is 11.0. The fraction of sp³-hybridized carbons (Fsp3) is 0.333. The van der Waals surface area contributed by atoms with Gasteiger partial charge in [0.2, 0.25) is 11.7 Å². The molecule has 1 aromatic carbocycles. The smallest absolute Gasteiger partial charge is 0.376 e. The van der Waals surface area contributed by atoms with Crippen LogP contribution in [0.4, 0.5) is 5.69 Å². The zero-order valence-corrected chi connectivity index (χ0v) is 19.3. The van der Waals surface area contributed by atoms with Gasteiger partial charge in [0.15, 0.2) is 5.57 Å². The lowest BCUT2D eigenvalue weighted by molar-refractivity contribution is -0.125. The number of ether oxygens (including phenoxy) is 1. The summed E-state index contributed by atoms with van der Waals surface area (Å²) in [5.74, 6) is -2.54. The SMILES string of the molecule is CCOC(=O)c1oc2ccc(/C(C)=C/C(=O)N(CC)CC)cc2c1NC(=O)/C(C#N)=C(/C)O. The van der Waals surface area contributed by atoms with E-state index in [1.54, 1.807) is 43.0 Å². The monoisotopic (exact) mass is 453 g/mol. The highest BCUT2D eigenvalue weighted by Gasteiger charge is 2.25. The highest BCUT2D eigenvalue weighted by atomic mass is 16.5. The lowest BCUT2D eigenvalue weighted by Gasteiger charge is -2.16. The van der Waals surface area contributed by atoms with E-state index in [1.807, 2.05) is 13.8 Å². The predicted octanol–water partition coefficient (Wildman–Crippen LogP) is 4.18. The number of hydrogen-bond acceptors (Lipinski definition) is 7. The number of likely N-dealkylation sites (N-methyl/N-ethyl adjacent to an activating group) is 1. The third kappa shape index (κ3) is 5.60. The molecule has 2 rings (SSSR count). The Bertz CT molecular complexity index is 1170. The number of allylic oxidation sites excluding steroid dienone is 2. The quantitative estimate of drug-likeness (QED) is 0.265. The molecule has 0 unspecified atom stereocenters. The Morgan fingerprint density at radius 2 is 1.88 bits per heavy atom. The molecule has 0 atom stereocenters. The summed E-state index contributed by atoms with van der Waals surface area (Å²) in [6, 6.07) is 6.63. The number of amides is 2. The topological polar surface area (TPSA) is 133 Å². The number of nitriles is 1. The predicted molar refractivity (Wildman–Crippen MR) is 123 cm³/mol. The van der Waals surface area contributed by atoms with Crippen molar-refractivity contribution in [3.63, 3.8) is 0 Å². The molecule has 9 heteroatoms. The summed E-state index contributed by atoms with van der Waals surface area (Å²) in [6.07, 6.45) is 1.52. The Morgan fingerprint density at radius 1 is 1.21 bits per heavy atom. The van der Waals surface area contributed by atoms with Gasteiger partial charge >= 0.3 is 5.97 Å². The van der Waals surface area contributed by atoms with E-state index >= 15 is 0 Å². The summed E-state index contributed by atoms with van der Waals surface area (Å²) < 4.78 is 10.7. The van der Waals surface area contributed by atoms with Gasteiger partial charge in [0, 0.05) is 24.6 Å². The zero-order chi connectivity index (χ0) is 24.7. The minimum atomic E-state index is -0.903. The third-order valence-corrected chi connectivity index (χ3v) is 4.96. The number of rotatable bonds is 8. The lowest BCUT2D eigenvalue weighted by atomic mass is 10.0. The van der Waals surface area contributed by atoms with Gasteiger partial charge < -0.3 is 24.5 Å². The second-order valence-corrected chi connectivity index (χ2v) is 7.10. The summed E-state index contributed by atoms with van der Waals surface area (Å²) in [6.45, 7) is 9.65. The first-order chi connectivity index (χ1) is 15.7. The van der Waals surface area contributed by atoms with Gasteiger partial charge in [-0.25, -0.2) is 4.79 Å². The number of furan rings is 1. The maximum atomic E-state index is 12.6. The number of nitrogens with zero attached hydrogens (tertiary/aromatic N) is 2. The van der Waals surface area contributed by atoms with Crippen LogP contribution in [0, 0.1) is 11.3 Å². The van der Waals surface area contributed by atoms with Gasteiger partial charge in [-0.2, -0.15) is 5.26 Å². The van der Waals surface area contributed by atoms with Crippen LogP contribution in [0.5, 0.6) is 0 Å². The van der Waals surface area contributed by atoms with Gasteiger partial charge in [0.25, 0.3) is 5.91 Å². The minimum absolute atomic E-state index is 0.00664. The molecule has 0 aliphatic heterocycles. The van der Waals surface area contributed by atoms with Crippen molar-refractivity contribution in [2.24, 2.45) is 0 Å². The Labute approximate surface area is 191 Å². The molecule has 1 heterocycles. The molecule has 9 nitrogen and oxygen atoms in total. The molecule has 0 aliphatic carbocycles. The van der Waals surface area contributed by atoms with Crippen molar-refractivity contribution < 1.29 is 28.6 Å². The van der Waals surface area contributed by atoms with E-state index < -0.39 is 23.2 Å². The van der Waals surface area contributed by atoms with Crippen LogP contribution in [0.3, 0.4) is 0 Å². The third-order valence-electron chi connectivity index (χ3n) is 4.96. The first kappa shape index (κ1) is 25.2. The van der Waals surface area contributed by atoms with Crippen LogP contribution in [0.25, 0.3) is 16.5 Å². The van der Waals surface area contributed by atoms with Crippen molar-refractivity contribution >= 4 is 40.0 Å². The van der Waals surface area contributed by atoms with Gasteiger partial charge in [-0.05, 0) is 57.9 Å². The number of aliphatic hydroxyl groups excluding tert-OH is 1. The Hall–Kier alpha value is -4.06. The molecular weight excluding hydrogens is 426 g/mol. The van der Waals surface area contributed by atoms with Crippen molar-refractivity contribution in [2.45, 2.75) is 34.6 Å². The molecule has 2 amide bonds. The molecule has 0 fully saturated rings. The van der Waals surface area contributed by atoms with Crippen molar-refractivity contribution in [1.29, 1.82) is 5.26 Å². The molecule has 174 valence electrons. The summed E-state index contributed by atoms with van der Waals surface area (Å²) in [5.41, 5.74) is 1.14.